The maximum Gasteiger partial charge on any atom is 0.246 e. The summed E-state index contributed by atoms with van der Waals surface area (Å²) in [6, 6.07) is 17.8. The Labute approximate surface area is 165 Å². The van der Waals surface area contributed by atoms with Gasteiger partial charge in [-0.15, -0.1) is 0 Å². The van der Waals surface area contributed by atoms with Crippen molar-refractivity contribution in [3.05, 3.63) is 77.9 Å². The molecule has 0 unspecified atom stereocenters. The number of hydrogen-bond acceptors (Lipinski definition) is 4. The van der Waals surface area contributed by atoms with E-state index in [1.54, 1.807) is 18.2 Å². The summed E-state index contributed by atoms with van der Waals surface area (Å²) < 4.78 is 0. The van der Waals surface area contributed by atoms with Crippen molar-refractivity contribution in [2.75, 3.05) is 37.7 Å². The number of amides is 1. The van der Waals surface area contributed by atoms with Crippen LogP contribution in [-0.4, -0.2) is 54.5 Å². The minimum atomic E-state index is -0.498. The monoisotopic (exact) mass is 376 g/mol. The molecule has 1 aliphatic rings. The van der Waals surface area contributed by atoms with Gasteiger partial charge in [0.2, 0.25) is 5.91 Å². The van der Waals surface area contributed by atoms with Crippen LogP contribution < -0.4 is 4.90 Å². The van der Waals surface area contributed by atoms with Gasteiger partial charge in [0.1, 0.15) is 6.61 Å². The summed E-state index contributed by atoms with van der Waals surface area (Å²) in [5.41, 5.74) is 2.91. The average molecular weight is 376 g/mol. The second-order valence-electron chi connectivity index (χ2n) is 6.61. The van der Waals surface area contributed by atoms with Gasteiger partial charge in [-0.3, -0.25) is 9.59 Å². The van der Waals surface area contributed by atoms with Crippen molar-refractivity contribution in [1.82, 2.24) is 4.90 Å². The molecule has 2 aromatic carbocycles. The molecule has 0 aromatic heterocycles. The van der Waals surface area contributed by atoms with Crippen LogP contribution in [0.5, 0.6) is 0 Å². The van der Waals surface area contributed by atoms with Crippen molar-refractivity contribution < 1.29 is 14.7 Å². The number of carbonyl (C=O) groups excluding carboxylic acids is 2. The summed E-state index contributed by atoms with van der Waals surface area (Å²) >= 11 is 0. The van der Waals surface area contributed by atoms with Gasteiger partial charge in [-0.25, -0.2) is 0 Å². The Morgan fingerprint density at radius 3 is 2.14 bits per heavy atom. The highest BCUT2D eigenvalue weighted by Gasteiger charge is 2.19. The zero-order valence-corrected chi connectivity index (χ0v) is 15.7. The highest BCUT2D eigenvalue weighted by atomic mass is 16.3. The summed E-state index contributed by atoms with van der Waals surface area (Å²) in [7, 11) is 0. The smallest absolute Gasteiger partial charge is 0.246 e. The number of anilines is 1. The van der Waals surface area contributed by atoms with Gasteiger partial charge in [-0.2, -0.15) is 0 Å². The Hall–Kier alpha value is -3.18. The lowest BCUT2D eigenvalue weighted by Gasteiger charge is -2.35. The second kappa shape index (κ2) is 9.67. The maximum absolute atomic E-state index is 12.5. The predicted molar refractivity (Wildman–Crippen MR) is 112 cm³/mol. The van der Waals surface area contributed by atoms with Crippen molar-refractivity contribution in [3.63, 3.8) is 0 Å². The number of para-hydroxylation sites is 1. The first-order valence-electron chi connectivity index (χ1n) is 9.34. The molecule has 0 aliphatic carbocycles. The molecule has 1 saturated heterocycles. The molecule has 1 N–H and O–H groups in total. The van der Waals surface area contributed by atoms with Crippen LogP contribution in [-0.2, 0) is 9.59 Å². The maximum atomic E-state index is 12.5. The van der Waals surface area contributed by atoms with Crippen LogP contribution in [0.1, 0.15) is 11.1 Å². The van der Waals surface area contributed by atoms with E-state index in [9.17, 15) is 9.59 Å². The van der Waals surface area contributed by atoms with Crippen molar-refractivity contribution in [1.29, 1.82) is 0 Å². The highest BCUT2D eigenvalue weighted by Crippen LogP contribution is 2.16. The molecule has 2 aromatic rings. The van der Waals surface area contributed by atoms with E-state index in [-0.39, 0.29) is 11.7 Å². The summed E-state index contributed by atoms with van der Waals surface area (Å²) in [5.74, 6) is -0.338. The second-order valence-corrected chi connectivity index (χ2v) is 6.61. The van der Waals surface area contributed by atoms with Crippen molar-refractivity contribution in [2.45, 2.75) is 0 Å². The fraction of sp³-hybridized carbons (Fsp3) is 0.217. The van der Waals surface area contributed by atoms with Crippen LogP contribution in [0, 0.1) is 0 Å². The molecule has 3 rings (SSSR count). The highest BCUT2D eigenvalue weighted by molar-refractivity contribution is 5.94. The Bertz CT molecular complexity index is 866. The van der Waals surface area contributed by atoms with Crippen LogP contribution in [0.15, 0.2) is 66.7 Å². The van der Waals surface area contributed by atoms with E-state index >= 15 is 0 Å². The first-order valence-corrected chi connectivity index (χ1v) is 9.34. The minimum Gasteiger partial charge on any atom is -0.388 e. The van der Waals surface area contributed by atoms with Crippen LogP contribution in [0.2, 0.25) is 0 Å². The molecule has 0 atom stereocenters. The third-order valence-electron chi connectivity index (χ3n) is 4.66. The number of ketones is 1. The van der Waals surface area contributed by atoms with E-state index < -0.39 is 6.61 Å². The van der Waals surface area contributed by atoms with Gasteiger partial charge in [-0.05, 0) is 41.5 Å². The number of carbonyl (C=O) groups is 2. The first-order chi connectivity index (χ1) is 13.7. The van der Waals surface area contributed by atoms with Gasteiger partial charge in [0.25, 0.3) is 0 Å². The van der Waals surface area contributed by atoms with Crippen molar-refractivity contribution >= 4 is 29.5 Å². The standard InChI is InChI=1S/C23H24N2O3/c26-18-22(27)11-9-19-5-4-6-20(17-19)10-12-23(28)25-15-13-24(14-16-25)21-7-2-1-3-8-21/h1-12,17,26H,13-16,18H2/b11-9+,12-10+. The molecule has 0 bridgehead atoms. The lowest BCUT2D eigenvalue weighted by Crippen LogP contribution is -2.48. The van der Waals surface area contributed by atoms with Crippen LogP contribution in [0.3, 0.4) is 0 Å². The average Bonchev–Trinajstić information content (AvgIpc) is 2.76. The van der Waals surface area contributed by atoms with E-state index in [0.717, 1.165) is 24.2 Å². The molecule has 144 valence electrons. The normalized spacial score (nSPS) is 14.8. The fourth-order valence-corrected chi connectivity index (χ4v) is 3.10. The van der Waals surface area contributed by atoms with Crippen molar-refractivity contribution in [3.8, 4) is 0 Å². The molecule has 0 spiro atoms. The van der Waals surface area contributed by atoms with Gasteiger partial charge < -0.3 is 14.9 Å². The molecule has 1 heterocycles. The number of piperazine rings is 1. The lowest BCUT2D eigenvalue weighted by molar-refractivity contribution is -0.126. The number of aliphatic hydroxyl groups is 1. The summed E-state index contributed by atoms with van der Waals surface area (Å²) in [6.45, 7) is 2.54. The fourth-order valence-electron chi connectivity index (χ4n) is 3.10. The Kier molecular flexibility index (Phi) is 6.76. The number of nitrogens with zero attached hydrogens (tertiary/aromatic N) is 2. The predicted octanol–water partition coefficient (Wildman–Crippen LogP) is 2.62. The van der Waals surface area contributed by atoms with Crippen LogP contribution in [0.4, 0.5) is 5.69 Å². The zero-order valence-electron chi connectivity index (χ0n) is 15.7. The zero-order chi connectivity index (χ0) is 19.8. The SMILES string of the molecule is O=C(/C=C/c1cccc(/C=C/C(=O)N2CCN(c3ccccc3)CC2)c1)CO. The first kappa shape index (κ1) is 19.6. The number of hydrogen-bond donors (Lipinski definition) is 1. The quantitative estimate of drug-likeness (QED) is 0.788. The van der Waals surface area contributed by atoms with E-state index in [4.69, 9.17) is 5.11 Å². The molecule has 0 radical (unpaired) electrons. The molecule has 1 fully saturated rings. The lowest BCUT2D eigenvalue weighted by atomic mass is 10.1. The van der Waals surface area contributed by atoms with E-state index in [1.807, 2.05) is 47.4 Å². The van der Waals surface area contributed by atoms with Gasteiger partial charge in [0.15, 0.2) is 5.78 Å². The van der Waals surface area contributed by atoms with Crippen molar-refractivity contribution in [2.24, 2.45) is 0 Å². The summed E-state index contributed by atoms with van der Waals surface area (Å²) in [5, 5.41) is 8.76. The van der Waals surface area contributed by atoms with Crippen LogP contribution >= 0.6 is 0 Å². The topological polar surface area (TPSA) is 60.9 Å². The van der Waals surface area contributed by atoms with E-state index in [1.165, 1.54) is 11.8 Å². The molecule has 5 nitrogen and oxygen atoms in total. The largest absolute Gasteiger partial charge is 0.388 e. The third kappa shape index (κ3) is 5.41. The van der Waals surface area contributed by atoms with E-state index in [2.05, 4.69) is 17.0 Å². The number of aliphatic hydroxyl groups excluding tert-OH is 1. The molecule has 0 saturated carbocycles. The Balaban J connectivity index is 1.56. The summed E-state index contributed by atoms with van der Waals surface area (Å²) in [6.07, 6.45) is 6.39. The van der Waals surface area contributed by atoms with E-state index in [0.29, 0.717) is 13.1 Å². The molecule has 28 heavy (non-hydrogen) atoms. The Morgan fingerprint density at radius 1 is 0.857 bits per heavy atom. The van der Waals surface area contributed by atoms with Gasteiger partial charge >= 0.3 is 0 Å². The number of benzene rings is 2. The van der Waals surface area contributed by atoms with Gasteiger partial charge in [0.05, 0.1) is 0 Å². The van der Waals surface area contributed by atoms with Gasteiger partial charge in [0, 0.05) is 37.9 Å². The minimum absolute atomic E-state index is 0.00381. The molecular formula is C23H24N2O3. The molecule has 5 heteroatoms. The van der Waals surface area contributed by atoms with Gasteiger partial charge in [-0.1, -0.05) is 42.5 Å². The summed E-state index contributed by atoms with van der Waals surface area (Å²) in [4.78, 5) is 27.8. The number of rotatable bonds is 6. The molecular weight excluding hydrogens is 352 g/mol. The molecule has 1 aliphatic heterocycles. The third-order valence-corrected chi connectivity index (χ3v) is 4.66. The molecule has 1 amide bonds. The van der Waals surface area contributed by atoms with Crippen LogP contribution in [0.25, 0.3) is 12.2 Å². The Morgan fingerprint density at radius 2 is 1.50 bits per heavy atom.